The maximum atomic E-state index is 13.4. The highest BCUT2D eigenvalue weighted by Crippen LogP contribution is 2.46. The molecule has 33 heavy (non-hydrogen) atoms. The van der Waals surface area contributed by atoms with E-state index in [2.05, 4.69) is 40.5 Å². The number of carbonyl (C=O) groups is 2. The number of nitrogens with one attached hydrogen (secondary N) is 1. The molecule has 0 radical (unpaired) electrons. The monoisotopic (exact) mass is 447 g/mol. The zero-order chi connectivity index (χ0) is 23.2. The Morgan fingerprint density at radius 2 is 1.61 bits per heavy atom. The summed E-state index contributed by atoms with van der Waals surface area (Å²) in [6.07, 6.45) is 0.0888. The molecule has 6 nitrogen and oxygen atoms in total. The van der Waals surface area contributed by atoms with Gasteiger partial charge in [0.05, 0.1) is 6.54 Å². The second kappa shape index (κ2) is 8.49. The smallest absolute Gasteiger partial charge is 0.411 e. The van der Waals surface area contributed by atoms with Gasteiger partial charge in [-0.3, -0.25) is 14.6 Å². The number of nitrogens with zero attached hydrogens (tertiary/aromatic N) is 2. The molecule has 2 amide bonds. The van der Waals surface area contributed by atoms with E-state index in [0.29, 0.717) is 24.8 Å². The van der Waals surface area contributed by atoms with Gasteiger partial charge < -0.3 is 10.1 Å². The number of amides is 2. The fourth-order valence-electron chi connectivity index (χ4n) is 5.33. The number of hydrogen-bond acceptors (Lipinski definition) is 4. The van der Waals surface area contributed by atoms with Crippen LogP contribution in [0.1, 0.15) is 37.5 Å². The lowest BCUT2D eigenvalue weighted by atomic mass is 9.93. The maximum Gasteiger partial charge on any atom is 0.411 e. The second-order valence-electron chi connectivity index (χ2n) is 10.6. The summed E-state index contributed by atoms with van der Waals surface area (Å²) in [5, 5.41) is 3.27. The average molecular weight is 448 g/mol. The van der Waals surface area contributed by atoms with Gasteiger partial charge in [-0.25, -0.2) is 4.79 Å². The molecule has 174 valence electrons. The van der Waals surface area contributed by atoms with Gasteiger partial charge in [0.15, 0.2) is 0 Å². The summed E-state index contributed by atoms with van der Waals surface area (Å²) in [5.41, 5.74) is 2.92. The van der Waals surface area contributed by atoms with Crippen LogP contribution in [0.2, 0.25) is 0 Å². The van der Waals surface area contributed by atoms with Crippen molar-refractivity contribution >= 4 is 12.0 Å². The Balaban J connectivity index is 1.22. The number of benzene rings is 2. The molecule has 2 aromatic rings. The summed E-state index contributed by atoms with van der Waals surface area (Å²) >= 11 is 0. The molecular weight excluding hydrogens is 414 g/mol. The maximum absolute atomic E-state index is 13.4. The molecule has 3 unspecified atom stereocenters. The number of fused-ring (bicyclic) bond motifs is 2. The molecule has 5 rings (SSSR count). The molecule has 2 fully saturated rings. The normalized spacial score (nSPS) is 26.3. The Morgan fingerprint density at radius 3 is 2.27 bits per heavy atom. The molecule has 3 atom stereocenters. The van der Waals surface area contributed by atoms with Crippen LogP contribution in [-0.2, 0) is 29.0 Å². The predicted molar refractivity (Wildman–Crippen MR) is 126 cm³/mol. The molecule has 2 aromatic carbocycles. The predicted octanol–water partition coefficient (Wildman–Crippen LogP) is 3.60. The molecular formula is C27H33N3O3. The van der Waals surface area contributed by atoms with E-state index in [9.17, 15) is 9.59 Å². The molecule has 1 saturated carbocycles. The third-order valence-corrected chi connectivity index (χ3v) is 7.01. The van der Waals surface area contributed by atoms with Crippen molar-refractivity contribution < 1.29 is 14.3 Å². The van der Waals surface area contributed by atoms with Crippen molar-refractivity contribution in [3.05, 3.63) is 71.3 Å². The number of likely N-dealkylation sites (tertiary alicyclic amines) is 1. The van der Waals surface area contributed by atoms with Gasteiger partial charge in [0.25, 0.3) is 0 Å². The molecule has 0 aromatic heterocycles. The van der Waals surface area contributed by atoms with E-state index in [1.165, 1.54) is 5.56 Å². The van der Waals surface area contributed by atoms with Crippen LogP contribution >= 0.6 is 0 Å². The SMILES string of the molecule is CC(C)(C)OC(=O)N1Cc2ccccc2CC1C(=O)NC1C2CN(Cc3ccccc3)CC21. The molecule has 1 aliphatic carbocycles. The van der Waals surface area contributed by atoms with Crippen molar-refractivity contribution in [1.82, 2.24) is 15.1 Å². The number of ether oxygens (including phenoxy) is 1. The summed E-state index contributed by atoms with van der Waals surface area (Å²) in [4.78, 5) is 30.4. The number of hydrogen-bond donors (Lipinski definition) is 1. The lowest BCUT2D eigenvalue weighted by Gasteiger charge is -2.37. The molecule has 1 N–H and O–H groups in total. The molecule has 1 saturated heterocycles. The molecule has 0 bridgehead atoms. The highest BCUT2D eigenvalue weighted by atomic mass is 16.6. The van der Waals surface area contributed by atoms with E-state index in [1.807, 2.05) is 45.0 Å². The Labute approximate surface area is 195 Å². The topological polar surface area (TPSA) is 61.9 Å². The third-order valence-electron chi connectivity index (χ3n) is 7.01. The van der Waals surface area contributed by atoms with Crippen molar-refractivity contribution in [2.24, 2.45) is 11.8 Å². The van der Waals surface area contributed by atoms with Crippen LogP contribution in [-0.4, -0.2) is 52.6 Å². The van der Waals surface area contributed by atoms with Gasteiger partial charge in [0, 0.05) is 32.1 Å². The van der Waals surface area contributed by atoms with Crippen LogP contribution < -0.4 is 5.32 Å². The molecule has 3 aliphatic rings. The van der Waals surface area contributed by atoms with Gasteiger partial charge in [-0.15, -0.1) is 0 Å². The lowest BCUT2D eigenvalue weighted by molar-refractivity contribution is -0.127. The van der Waals surface area contributed by atoms with E-state index in [-0.39, 0.29) is 11.9 Å². The van der Waals surface area contributed by atoms with Crippen LogP contribution in [0.3, 0.4) is 0 Å². The quantitative estimate of drug-likeness (QED) is 0.778. The van der Waals surface area contributed by atoms with E-state index in [1.54, 1.807) is 4.90 Å². The minimum absolute atomic E-state index is 0.0654. The highest BCUT2D eigenvalue weighted by Gasteiger charge is 2.56. The van der Waals surface area contributed by atoms with Gasteiger partial charge in [-0.2, -0.15) is 0 Å². The minimum atomic E-state index is -0.606. The Bertz CT molecular complexity index is 1020. The first kappa shape index (κ1) is 22.0. The lowest BCUT2D eigenvalue weighted by Crippen LogP contribution is -2.54. The highest BCUT2D eigenvalue weighted by molar-refractivity contribution is 5.87. The first-order valence-electron chi connectivity index (χ1n) is 11.9. The van der Waals surface area contributed by atoms with Gasteiger partial charge in [-0.05, 0) is 49.3 Å². The third kappa shape index (κ3) is 4.76. The van der Waals surface area contributed by atoms with E-state index < -0.39 is 17.7 Å². The zero-order valence-electron chi connectivity index (χ0n) is 19.7. The van der Waals surface area contributed by atoms with Crippen LogP contribution in [0, 0.1) is 11.8 Å². The van der Waals surface area contributed by atoms with Crippen molar-refractivity contribution in [2.75, 3.05) is 13.1 Å². The van der Waals surface area contributed by atoms with Crippen LogP contribution in [0.25, 0.3) is 0 Å². The second-order valence-corrected chi connectivity index (χ2v) is 10.6. The summed E-state index contributed by atoms with van der Waals surface area (Å²) in [6.45, 7) is 8.92. The molecule has 0 spiro atoms. The molecule has 2 aliphatic heterocycles. The Morgan fingerprint density at radius 1 is 0.970 bits per heavy atom. The van der Waals surface area contributed by atoms with E-state index in [0.717, 1.165) is 30.8 Å². The van der Waals surface area contributed by atoms with Crippen molar-refractivity contribution in [3.8, 4) is 0 Å². The standard InChI is InChI=1S/C27H33N3O3/c1-27(2,3)33-26(32)30-15-20-12-8-7-11-19(20)13-23(30)25(31)28-24-21-16-29(17-22(21)24)14-18-9-5-4-6-10-18/h4-12,21-24H,13-17H2,1-3H3,(H,28,31). The van der Waals surface area contributed by atoms with Crippen LogP contribution in [0.15, 0.2) is 54.6 Å². The van der Waals surface area contributed by atoms with Crippen molar-refractivity contribution in [3.63, 3.8) is 0 Å². The zero-order valence-corrected chi connectivity index (χ0v) is 19.7. The minimum Gasteiger partial charge on any atom is -0.444 e. The number of rotatable bonds is 4. The molecule has 2 heterocycles. The summed E-state index contributed by atoms with van der Waals surface area (Å²) in [6, 6.07) is 18.2. The van der Waals surface area contributed by atoms with Crippen LogP contribution in [0.4, 0.5) is 4.79 Å². The average Bonchev–Trinajstić information content (AvgIpc) is 3.21. The number of carbonyl (C=O) groups excluding carboxylic acids is 2. The van der Waals surface area contributed by atoms with Gasteiger partial charge in [-0.1, -0.05) is 54.6 Å². The van der Waals surface area contributed by atoms with Crippen molar-refractivity contribution in [2.45, 2.75) is 58.0 Å². The van der Waals surface area contributed by atoms with Crippen LogP contribution in [0.5, 0.6) is 0 Å². The van der Waals surface area contributed by atoms with Crippen molar-refractivity contribution in [1.29, 1.82) is 0 Å². The van der Waals surface area contributed by atoms with Gasteiger partial charge in [0.2, 0.25) is 5.91 Å². The van der Waals surface area contributed by atoms with E-state index >= 15 is 0 Å². The Kier molecular flexibility index (Phi) is 5.65. The summed E-state index contributed by atoms with van der Waals surface area (Å²) in [7, 11) is 0. The number of piperidine rings is 1. The Hall–Kier alpha value is -2.86. The molecule has 6 heteroatoms. The first-order chi connectivity index (χ1) is 15.8. The first-order valence-corrected chi connectivity index (χ1v) is 11.9. The fraction of sp³-hybridized carbons (Fsp3) is 0.481. The van der Waals surface area contributed by atoms with E-state index in [4.69, 9.17) is 4.74 Å². The summed E-state index contributed by atoms with van der Waals surface area (Å²) in [5.74, 6) is 0.941. The van der Waals surface area contributed by atoms with Gasteiger partial charge in [0.1, 0.15) is 11.6 Å². The summed E-state index contributed by atoms with van der Waals surface area (Å²) < 4.78 is 5.64. The largest absolute Gasteiger partial charge is 0.444 e. The fourth-order valence-corrected chi connectivity index (χ4v) is 5.33. The van der Waals surface area contributed by atoms with Gasteiger partial charge >= 0.3 is 6.09 Å².